The zero-order valence-corrected chi connectivity index (χ0v) is 12.7. The molecule has 3 heteroatoms. The summed E-state index contributed by atoms with van der Waals surface area (Å²) in [7, 11) is 0. The predicted molar refractivity (Wildman–Crippen MR) is 78.8 cm³/mol. The minimum absolute atomic E-state index is 0.372. The summed E-state index contributed by atoms with van der Waals surface area (Å²) < 4.78 is 6.92. The van der Waals surface area contributed by atoms with E-state index in [1.54, 1.807) is 0 Å². The molecule has 1 aromatic carbocycles. The molecule has 1 fully saturated rings. The Morgan fingerprint density at radius 2 is 2.22 bits per heavy atom. The van der Waals surface area contributed by atoms with Crippen LogP contribution in [0.25, 0.3) is 0 Å². The highest BCUT2D eigenvalue weighted by Crippen LogP contribution is 2.27. The van der Waals surface area contributed by atoms with Crippen molar-refractivity contribution < 1.29 is 4.74 Å². The third kappa shape index (κ3) is 3.34. The molecule has 0 bridgehead atoms. The SMILES string of the molecule is CCNC(Cc1ccccc1Br)C1CCOC1C. The molecular weight excluding hydrogens is 290 g/mol. The molecule has 0 amide bonds. The number of halogens is 1. The van der Waals surface area contributed by atoms with Crippen molar-refractivity contribution in [3.63, 3.8) is 0 Å². The zero-order chi connectivity index (χ0) is 13.0. The van der Waals surface area contributed by atoms with E-state index in [4.69, 9.17) is 4.74 Å². The number of nitrogens with one attached hydrogen (secondary N) is 1. The van der Waals surface area contributed by atoms with E-state index in [0.29, 0.717) is 18.1 Å². The molecule has 1 aromatic rings. The van der Waals surface area contributed by atoms with Crippen LogP contribution < -0.4 is 5.32 Å². The Morgan fingerprint density at radius 1 is 1.44 bits per heavy atom. The van der Waals surface area contributed by atoms with E-state index in [9.17, 15) is 0 Å². The topological polar surface area (TPSA) is 21.3 Å². The van der Waals surface area contributed by atoms with Gasteiger partial charge in [-0.1, -0.05) is 41.1 Å². The predicted octanol–water partition coefficient (Wildman–Crippen LogP) is 3.39. The maximum Gasteiger partial charge on any atom is 0.0590 e. The van der Waals surface area contributed by atoms with E-state index in [-0.39, 0.29) is 0 Å². The molecule has 3 unspecified atom stereocenters. The molecule has 1 aliphatic heterocycles. The van der Waals surface area contributed by atoms with Crippen LogP contribution >= 0.6 is 15.9 Å². The number of hydrogen-bond acceptors (Lipinski definition) is 2. The molecule has 100 valence electrons. The van der Waals surface area contributed by atoms with Crippen molar-refractivity contribution in [3.8, 4) is 0 Å². The third-order valence-electron chi connectivity index (χ3n) is 3.82. The van der Waals surface area contributed by atoms with Gasteiger partial charge in [0.1, 0.15) is 0 Å². The first-order valence-electron chi connectivity index (χ1n) is 6.80. The molecule has 2 rings (SSSR count). The molecule has 2 nitrogen and oxygen atoms in total. The van der Waals surface area contributed by atoms with Gasteiger partial charge in [-0.25, -0.2) is 0 Å². The lowest BCUT2D eigenvalue weighted by Gasteiger charge is -2.27. The Bertz CT molecular complexity index is 383. The fraction of sp³-hybridized carbons (Fsp3) is 0.600. The quantitative estimate of drug-likeness (QED) is 0.900. The summed E-state index contributed by atoms with van der Waals surface area (Å²) in [5, 5.41) is 3.63. The Hall–Kier alpha value is -0.380. The largest absolute Gasteiger partial charge is 0.378 e. The summed E-state index contributed by atoms with van der Waals surface area (Å²) in [6.45, 7) is 6.29. The highest BCUT2D eigenvalue weighted by molar-refractivity contribution is 9.10. The fourth-order valence-corrected chi connectivity index (χ4v) is 3.26. The van der Waals surface area contributed by atoms with E-state index >= 15 is 0 Å². The van der Waals surface area contributed by atoms with Crippen LogP contribution in [-0.4, -0.2) is 25.3 Å². The van der Waals surface area contributed by atoms with Crippen molar-refractivity contribution in [2.24, 2.45) is 5.92 Å². The van der Waals surface area contributed by atoms with Crippen molar-refractivity contribution in [1.29, 1.82) is 0 Å². The zero-order valence-electron chi connectivity index (χ0n) is 11.2. The van der Waals surface area contributed by atoms with Gasteiger partial charge in [-0.05, 0) is 37.9 Å². The molecule has 1 aliphatic rings. The molecule has 0 radical (unpaired) electrons. The van der Waals surface area contributed by atoms with Gasteiger partial charge >= 0.3 is 0 Å². The first-order chi connectivity index (χ1) is 8.72. The van der Waals surface area contributed by atoms with Crippen molar-refractivity contribution in [3.05, 3.63) is 34.3 Å². The van der Waals surface area contributed by atoms with Gasteiger partial charge in [-0.3, -0.25) is 0 Å². The summed E-state index contributed by atoms with van der Waals surface area (Å²) in [4.78, 5) is 0. The molecular formula is C15H22BrNO. The van der Waals surface area contributed by atoms with Crippen LogP contribution in [0, 0.1) is 5.92 Å². The molecule has 0 saturated carbocycles. The molecule has 1 N–H and O–H groups in total. The van der Waals surface area contributed by atoms with Crippen molar-refractivity contribution in [1.82, 2.24) is 5.32 Å². The second-order valence-electron chi connectivity index (χ2n) is 4.99. The molecule has 0 aromatic heterocycles. The van der Waals surface area contributed by atoms with Crippen molar-refractivity contribution in [2.45, 2.75) is 38.8 Å². The van der Waals surface area contributed by atoms with Crippen LogP contribution in [0.4, 0.5) is 0 Å². The Balaban J connectivity index is 2.08. The lowest BCUT2D eigenvalue weighted by atomic mass is 9.89. The minimum atomic E-state index is 0.372. The highest BCUT2D eigenvalue weighted by atomic mass is 79.9. The van der Waals surface area contributed by atoms with Gasteiger partial charge in [0, 0.05) is 23.0 Å². The monoisotopic (exact) mass is 311 g/mol. The second kappa shape index (κ2) is 6.69. The standard InChI is InChI=1S/C15H22BrNO/c1-3-17-15(13-8-9-18-11(13)2)10-12-6-4-5-7-14(12)16/h4-7,11,13,15,17H,3,8-10H2,1-2H3. The Kier molecular flexibility index (Phi) is 5.22. The lowest BCUT2D eigenvalue weighted by Crippen LogP contribution is -2.40. The van der Waals surface area contributed by atoms with Gasteiger partial charge in [0.15, 0.2) is 0 Å². The van der Waals surface area contributed by atoms with Gasteiger partial charge in [-0.15, -0.1) is 0 Å². The van der Waals surface area contributed by atoms with Gasteiger partial charge < -0.3 is 10.1 Å². The molecule has 0 spiro atoms. The van der Waals surface area contributed by atoms with E-state index in [1.807, 2.05) is 0 Å². The minimum Gasteiger partial charge on any atom is -0.378 e. The smallest absolute Gasteiger partial charge is 0.0590 e. The van der Waals surface area contributed by atoms with Crippen molar-refractivity contribution >= 4 is 15.9 Å². The number of rotatable bonds is 5. The van der Waals surface area contributed by atoms with E-state index in [1.165, 1.54) is 16.5 Å². The number of benzene rings is 1. The van der Waals surface area contributed by atoms with Crippen molar-refractivity contribution in [2.75, 3.05) is 13.2 Å². The van der Waals surface area contributed by atoms with Crippen LogP contribution in [0.2, 0.25) is 0 Å². The van der Waals surface area contributed by atoms with E-state index in [0.717, 1.165) is 19.6 Å². The van der Waals surface area contributed by atoms with Gasteiger partial charge in [0.2, 0.25) is 0 Å². The van der Waals surface area contributed by atoms with Crippen LogP contribution in [0.5, 0.6) is 0 Å². The van der Waals surface area contributed by atoms with Gasteiger partial charge in [-0.2, -0.15) is 0 Å². The lowest BCUT2D eigenvalue weighted by molar-refractivity contribution is 0.0956. The summed E-state index contributed by atoms with van der Waals surface area (Å²) in [6, 6.07) is 9.00. The Labute approximate surface area is 118 Å². The maximum absolute atomic E-state index is 5.71. The summed E-state index contributed by atoms with van der Waals surface area (Å²) in [5.74, 6) is 0.622. The maximum atomic E-state index is 5.71. The highest BCUT2D eigenvalue weighted by Gasteiger charge is 2.31. The molecule has 0 aliphatic carbocycles. The summed E-state index contributed by atoms with van der Waals surface area (Å²) in [6.07, 6.45) is 2.60. The average Bonchev–Trinajstić information content (AvgIpc) is 2.78. The second-order valence-corrected chi connectivity index (χ2v) is 5.84. The van der Waals surface area contributed by atoms with Crippen LogP contribution in [0.15, 0.2) is 28.7 Å². The fourth-order valence-electron chi connectivity index (χ4n) is 2.81. The first kappa shape index (κ1) is 14.0. The van der Waals surface area contributed by atoms with Gasteiger partial charge in [0.25, 0.3) is 0 Å². The number of hydrogen-bond donors (Lipinski definition) is 1. The van der Waals surface area contributed by atoms with Gasteiger partial charge in [0.05, 0.1) is 6.10 Å². The van der Waals surface area contributed by atoms with Crippen LogP contribution in [0.3, 0.4) is 0 Å². The molecule has 1 heterocycles. The van der Waals surface area contributed by atoms with E-state index < -0.39 is 0 Å². The van der Waals surface area contributed by atoms with Crippen LogP contribution in [-0.2, 0) is 11.2 Å². The number of likely N-dealkylation sites (N-methyl/N-ethyl adjacent to an activating group) is 1. The summed E-state index contributed by atoms with van der Waals surface area (Å²) in [5.41, 5.74) is 1.38. The Morgan fingerprint density at radius 3 is 2.83 bits per heavy atom. The molecule has 3 atom stereocenters. The first-order valence-corrected chi connectivity index (χ1v) is 7.60. The third-order valence-corrected chi connectivity index (χ3v) is 4.59. The van der Waals surface area contributed by atoms with Crippen LogP contribution in [0.1, 0.15) is 25.8 Å². The molecule has 1 saturated heterocycles. The summed E-state index contributed by atoms with van der Waals surface area (Å²) >= 11 is 3.64. The normalized spacial score (nSPS) is 25.3. The molecule has 18 heavy (non-hydrogen) atoms. The average molecular weight is 312 g/mol. The number of ether oxygens (including phenoxy) is 1. The van der Waals surface area contributed by atoms with E-state index in [2.05, 4.69) is 59.4 Å².